The van der Waals surface area contributed by atoms with E-state index in [1.807, 2.05) is 30.3 Å². The first-order chi connectivity index (χ1) is 8.20. The van der Waals surface area contributed by atoms with Gasteiger partial charge in [-0.2, -0.15) is 0 Å². The number of carbonyl (C=O) groups is 1. The molecule has 0 aliphatic carbocycles. The quantitative estimate of drug-likeness (QED) is 0.782. The topological polar surface area (TPSA) is 49.8 Å². The van der Waals surface area contributed by atoms with Gasteiger partial charge in [0.05, 0.1) is 19.1 Å². The minimum Gasteiger partial charge on any atom is -0.469 e. The second-order valence-electron chi connectivity index (χ2n) is 4.38. The van der Waals surface area contributed by atoms with Crippen molar-refractivity contribution in [3.8, 4) is 0 Å². The maximum atomic E-state index is 11.4. The van der Waals surface area contributed by atoms with E-state index in [1.165, 1.54) is 12.7 Å². The summed E-state index contributed by atoms with van der Waals surface area (Å²) in [7, 11) is 1.36. The van der Waals surface area contributed by atoms with Crippen molar-refractivity contribution in [2.45, 2.75) is 12.6 Å². The van der Waals surface area contributed by atoms with Gasteiger partial charge < -0.3 is 9.84 Å². The molecular weight excluding hydrogens is 218 g/mol. The number of methoxy groups -OCH3 is 1. The van der Waals surface area contributed by atoms with Crippen LogP contribution in [0.25, 0.3) is 0 Å². The van der Waals surface area contributed by atoms with Crippen molar-refractivity contribution in [2.24, 2.45) is 5.92 Å². The zero-order valence-electron chi connectivity index (χ0n) is 9.87. The molecule has 0 radical (unpaired) electrons. The Labute approximate surface area is 101 Å². The number of hydrogen-bond donors (Lipinski definition) is 1. The molecule has 1 aliphatic heterocycles. The number of aliphatic hydroxyl groups is 1. The maximum absolute atomic E-state index is 11.4. The molecule has 4 nitrogen and oxygen atoms in total. The molecule has 4 heteroatoms. The van der Waals surface area contributed by atoms with Crippen molar-refractivity contribution in [3.63, 3.8) is 0 Å². The van der Waals surface area contributed by atoms with Crippen molar-refractivity contribution in [3.05, 3.63) is 35.9 Å². The Morgan fingerprint density at radius 2 is 2.12 bits per heavy atom. The Hall–Kier alpha value is -1.39. The van der Waals surface area contributed by atoms with Gasteiger partial charge in [0.25, 0.3) is 0 Å². The van der Waals surface area contributed by atoms with Crippen LogP contribution in [0, 0.1) is 5.92 Å². The number of ether oxygens (including phenoxy) is 1. The van der Waals surface area contributed by atoms with Gasteiger partial charge in [0.1, 0.15) is 0 Å². The second-order valence-corrected chi connectivity index (χ2v) is 4.38. The predicted molar refractivity (Wildman–Crippen MR) is 63.2 cm³/mol. The molecule has 1 aromatic rings. The molecule has 92 valence electrons. The molecule has 1 saturated heterocycles. The van der Waals surface area contributed by atoms with Crippen LogP contribution in [-0.2, 0) is 16.1 Å². The highest BCUT2D eigenvalue weighted by Crippen LogP contribution is 2.20. The van der Waals surface area contributed by atoms with Gasteiger partial charge in [0.2, 0.25) is 0 Å². The standard InChI is InChI=1S/C13H17NO3/c1-17-13(16)11-8-14(9-12(11)15)7-10-5-3-2-4-6-10/h2-6,11-12,15H,7-9H2,1H3/t11-,12-/m0/s1. The van der Waals surface area contributed by atoms with Gasteiger partial charge in [-0.05, 0) is 5.56 Å². The predicted octanol–water partition coefficient (Wildman–Crippen LogP) is 0.652. The molecule has 0 spiro atoms. The third-order valence-corrected chi connectivity index (χ3v) is 3.12. The molecule has 0 unspecified atom stereocenters. The normalized spacial score (nSPS) is 24.8. The summed E-state index contributed by atoms with van der Waals surface area (Å²) in [5.74, 6) is -0.739. The van der Waals surface area contributed by atoms with Crippen molar-refractivity contribution in [2.75, 3.05) is 20.2 Å². The summed E-state index contributed by atoms with van der Waals surface area (Å²) in [6, 6.07) is 10.0. The van der Waals surface area contributed by atoms with Crippen LogP contribution in [-0.4, -0.2) is 42.3 Å². The van der Waals surface area contributed by atoms with E-state index in [4.69, 9.17) is 0 Å². The summed E-state index contributed by atoms with van der Waals surface area (Å²) in [6.45, 7) is 1.84. The van der Waals surface area contributed by atoms with E-state index in [0.29, 0.717) is 13.1 Å². The average molecular weight is 235 g/mol. The minimum absolute atomic E-state index is 0.326. The molecule has 2 rings (SSSR count). The maximum Gasteiger partial charge on any atom is 0.312 e. The summed E-state index contributed by atoms with van der Waals surface area (Å²) in [4.78, 5) is 13.5. The molecule has 1 heterocycles. The molecule has 1 fully saturated rings. The van der Waals surface area contributed by atoms with Crippen LogP contribution in [0.1, 0.15) is 5.56 Å². The number of nitrogens with zero attached hydrogens (tertiary/aromatic N) is 1. The Morgan fingerprint density at radius 1 is 1.41 bits per heavy atom. The van der Waals surface area contributed by atoms with Crippen molar-refractivity contribution in [1.29, 1.82) is 0 Å². The Morgan fingerprint density at radius 3 is 2.76 bits per heavy atom. The van der Waals surface area contributed by atoms with Gasteiger partial charge in [-0.3, -0.25) is 9.69 Å². The highest BCUT2D eigenvalue weighted by atomic mass is 16.5. The monoisotopic (exact) mass is 235 g/mol. The van der Waals surface area contributed by atoms with Crippen LogP contribution < -0.4 is 0 Å². The van der Waals surface area contributed by atoms with E-state index in [9.17, 15) is 9.90 Å². The lowest BCUT2D eigenvalue weighted by Gasteiger charge is -2.14. The Balaban J connectivity index is 1.95. The summed E-state index contributed by atoms with van der Waals surface area (Å²) < 4.78 is 4.68. The van der Waals surface area contributed by atoms with E-state index >= 15 is 0 Å². The van der Waals surface area contributed by atoms with E-state index in [-0.39, 0.29) is 5.97 Å². The highest BCUT2D eigenvalue weighted by molar-refractivity contribution is 5.73. The first-order valence-electron chi connectivity index (χ1n) is 5.73. The van der Waals surface area contributed by atoms with Gasteiger partial charge in [-0.15, -0.1) is 0 Å². The fourth-order valence-corrected chi connectivity index (χ4v) is 2.22. The number of β-amino-alcohol motifs (C(OH)–C–C–N with tert-alkyl or cyclic N) is 1. The van der Waals surface area contributed by atoms with Crippen LogP contribution in [0.5, 0.6) is 0 Å². The van der Waals surface area contributed by atoms with Gasteiger partial charge in [0, 0.05) is 19.6 Å². The first-order valence-corrected chi connectivity index (χ1v) is 5.73. The lowest BCUT2D eigenvalue weighted by molar-refractivity contribution is -0.147. The SMILES string of the molecule is COC(=O)[C@H]1CN(Cc2ccccc2)C[C@@H]1O. The second kappa shape index (κ2) is 5.29. The zero-order chi connectivity index (χ0) is 12.3. The number of esters is 1. The largest absolute Gasteiger partial charge is 0.469 e. The van der Waals surface area contributed by atoms with E-state index < -0.39 is 12.0 Å². The molecule has 0 bridgehead atoms. The van der Waals surface area contributed by atoms with Crippen LogP contribution in [0.15, 0.2) is 30.3 Å². The molecule has 17 heavy (non-hydrogen) atoms. The number of likely N-dealkylation sites (tertiary alicyclic amines) is 1. The number of hydrogen-bond acceptors (Lipinski definition) is 4. The van der Waals surface area contributed by atoms with Crippen LogP contribution in [0.2, 0.25) is 0 Å². The molecule has 2 atom stereocenters. The average Bonchev–Trinajstić information content (AvgIpc) is 2.70. The fourth-order valence-electron chi connectivity index (χ4n) is 2.22. The van der Waals surface area contributed by atoms with E-state index in [1.54, 1.807) is 0 Å². The molecule has 0 saturated carbocycles. The summed E-state index contributed by atoms with van der Waals surface area (Å²) in [5.41, 5.74) is 1.19. The summed E-state index contributed by atoms with van der Waals surface area (Å²) in [5, 5.41) is 9.80. The van der Waals surface area contributed by atoms with Gasteiger partial charge in [-0.1, -0.05) is 30.3 Å². The number of aliphatic hydroxyl groups excluding tert-OH is 1. The van der Waals surface area contributed by atoms with Crippen LogP contribution >= 0.6 is 0 Å². The van der Waals surface area contributed by atoms with Crippen molar-refractivity contribution < 1.29 is 14.6 Å². The van der Waals surface area contributed by atoms with Gasteiger partial charge in [-0.25, -0.2) is 0 Å². The molecular formula is C13H17NO3. The molecule has 0 aromatic heterocycles. The third kappa shape index (κ3) is 2.84. The minimum atomic E-state index is -0.619. The summed E-state index contributed by atoms with van der Waals surface area (Å²) >= 11 is 0. The van der Waals surface area contributed by atoms with Gasteiger partial charge in [0.15, 0.2) is 0 Å². The van der Waals surface area contributed by atoms with E-state index in [2.05, 4.69) is 9.64 Å². The lowest BCUT2D eigenvalue weighted by atomic mass is 10.1. The Kier molecular flexibility index (Phi) is 3.76. The van der Waals surface area contributed by atoms with Crippen molar-refractivity contribution in [1.82, 2.24) is 4.90 Å². The summed E-state index contributed by atoms with van der Waals surface area (Å²) in [6.07, 6.45) is -0.619. The van der Waals surface area contributed by atoms with Crippen LogP contribution in [0.3, 0.4) is 0 Å². The number of rotatable bonds is 3. The molecule has 1 aromatic carbocycles. The van der Waals surface area contributed by atoms with Crippen LogP contribution in [0.4, 0.5) is 0 Å². The van der Waals surface area contributed by atoms with E-state index in [0.717, 1.165) is 6.54 Å². The fraction of sp³-hybridized carbons (Fsp3) is 0.462. The smallest absolute Gasteiger partial charge is 0.312 e. The molecule has 0 amide bonds. The van der Waals surface area contributed by atoms with Crippen molar-refractivity contribution >= 4 is 5.97 Å². The highest BCUT2D eigenvalue weighted by Gasteiger charge is 2.36. The van der Waals surface area contributed by atoms with Gasteiger partial charge >= 0.3 is 5.97 Å². The third-order valence-electron chi connectivity index (χ3n) is 3.12. The number of benzene rings is 1. The number of carbonyl (C=O) groups excluding carboxylic acids is 1. The molecule has 1 N–H and O–H groups in total. The lowest BCUT2D eigenvalue weighted by Crippen LogP contribution is -2.27. The first kappa shape index (κ1) is 12.1. The zero-order valence-corrected chi connectivity index (χ0v) is 9.87. The Bertz CT molecular complexity index is 380. The molecule has 1 aliphatic rings.